The normalized spacial score (nSPS) is 10.3. The van der Waals surface area contributed by atoms with Crippen LogP contribution >= 0.6 is 0 Å². The first kappa shape index (κ1) is 20.3. The number of aryl methyl sites for hydroxylation is 1. The highest BCUT2D eigenvalue weighted by atomic mass is 16.5. The van der Waals surface area contributed by atoms with E-state index in [1.165, 1.54) is 0 Å². The van der Waals surface area contributed by atoms with Crippen molar-refractivity contribution in [1.82, 2.24) is 9.97 Å². The monoisotopic (exact) mass is 394 g/mol. The molecule has 0 bridgehead atoms. The lowest BCUT2D eigenvalue weighted by Crippen LogP contribution is -2.10. The van der Waals surface area contributed by atoms with Crippen molar-refractivity contribution in [2.24, 2.45) is 0 Å². The SMILES string of the molecule is COc1ccccc1Nc1cc(C)nc(NCCc2ccc(OC)c(OC)c2)n1. The minimum Gasteiger partial charge on any atom is -0.495 e. The van der Waals surface area contributed by atoms with Gasteiger partial charge in [-0.1, -0.05) is 18.2 Å². The summed E-state index contributed by atoms with van der Waals surface area (Å²) < 4.78 is 16.0. The van der Waals surface area contributed by atoms with Gasteiger partial charge in [0.05, 0.1) is 27.0 Å². The largest absolute Gasteiger partial charge is 0.495 e. The van der Waals surface area contributed by atoms with E-state index in [-0.39, 0.29) is 0 Å². The molecule has 7 heteroatoms. The summed E-state index contributed by atoms with van der Waals surface area (Å²) in [6.45, 7) is 2.63. The maximum atomic E-state index is 5.39. The summed E-state index contributed by atoms with van der Waals surface area (Å²) in [6, 6.07) is 15.5. The van der Waals surface area contributed by atoms with Crippen LogP contribution in [0.2, 0.25) is 0 Å². The number of hydrogen-bond acceptors (Lipinski definition) is 7. The molecule has 0 spiro atoms. The number of benzene rings is 2. The van der Waals surface area contributed by atoms with Crippen LogP contribution in [0, 0.1) is 6.92 Å². The van der Waals surface area contributed by atoms with E-state index < -0.39 is 0 Å². The molecule has 0 radical (unpaired) electrons. The molecule has 3 aromatic rings. The molecule has 152 valence electrons. The van der Waals surface area contributed by atoms with E-state index >= 15 is 0 Å². The summed E-state index contributed by atoms with van der Waals surface area (Å²) >= 11 is 0. The Kier molecular flexibility index (Phi) is 6.73. The van der Waals surface area contributed by atoms with Gasteiger partial charge in [-0.3, -0.25) is 0 Å². The van der Waals surface area contributed by atoms with Crippen molar-refractivity contribution in [3.8, 4) is 17.2 Å². The Morgan fingerprint density at radius 2 is 1.59 bits per heavy atom. The highest BCUT2D eigenvalue weighted by Gasteiger charge is 2.07. The quantitative estimate of drug-likeness (QED) is 0.563. The zero-order chi connectivity index (χ0) is 20.6. The lowest BCUT2D eigenvalue weighted by molar-refractivity contribution is 0.354. The summed E-state index contributed by atoms with van der Waals surface area (Å²) in [7, 11) is 4.91. The van der Waals surface area contributed by atoms with Crippen LogP contribution in [0.1, 0.15) is 11.3 Å². The Hall–Kier alpha value is -3.48. The van der Waals surface area contributed by atoms with Crippen LogP contribution in [0.3, 0.4) is 0 Å². The van der Waals surface area contributed by atoms with Crippen LogP contribution in [0.5, 0.6) is 17.2 Å². The predicted octanol–water partition coefficient (Wildman–Crippen LogP) is 4.21. The van der Waals surface area contributed by atoms with Gasteiger partial charge >= 0.3 is 0 Å². The number of anilines is 3. The van der Waals surface area contributed by atoms with Crippen LogP contribution in [0.15, 0.2) is 48.5 Å². The zero-order valence-corrected chi connectivity index (χ0v) is 17.2. The van der Waals surface area contributed by atoms with Gasteiger partial charge in [0.25, 0.3) is 0 Å². The van der Waals surface area contributed by atoms with Crippen molar-refractivity contribution in [2.45, 2.75) is 13.3 Å². The van der Waals surface area contributed by atoms with Crippen molar-refractivity contribution < 1.29 is 14.2 Å². The first-order chi connectivity index (χ1) is 14.1. The Bertz CT molecular complexity index is 963. The predicted molar refractivity (Wildman–Crippen MR) is 115 cm³/mol. The standard InChI is InChI=1S/C22H26N4O3/c1-15-13-21(25-17-7-5-6-8-18(17)27-2)26-22(24-15)23-12-11-16-9-10-19(28-3)20(14-16)29-4/h5-10,13-14H,11-12H2,1-4H3,(H2,23,24,25,26). The molecule has 3 rings (SSSR count). The molecular formula is C22H26N4O3. The minimum absolute atomic E-state index is 0.572. The number of nitrogens with zero attached hydrogens (tertiary/aromatic N) is 2. The number of methoxy groups -OCH3 is 3. The number of hydrogen-bond donors (Lipinski definition) is 2. The van der Waals surface area contributed by atoms with Crippen molar-refractivity contribution in [1.29, 1.82) is 0 Å². The van der Waals surface area contributed by atoms with E-state index in [9.17, 15) is 0 Å². The third-order valence-corrected chi connectivity index (χ3v) is 4.37. The van der Waals surface area contributed by atoms with Gasteiger partial charge in [0.2, 0.25) is 5.95 Å². The van der Waals surface area contributed by atoms with Gasteiger partial charge in [-0.05, 0) is 43.2 Å². The van der Waals surface area contributed by atoms with Crippen LogP contribution in [-0.4, -0.2) is 37.8 Å². The van der Waals surface area contributed by atoms with E-state index in [0.29, 0.717) is 18.3 Å². The highest BCUT2D eigenvalue weighted by molar-refractivity contribution is 5.64. The van der Waals surface area contributed by atoms with Crippen LogP contribution in [0.4, 0.5) is 17.5 Å². The summed E-state index contributed by atoms with van der Waals surface area (Å²) in [5.74, 6) is 3.48. The smallest absolute Gasteiger partial charge is 0.224 e. The maximum Gasteiger partial charge on any atom is 0.224 e. The van der Waals surface area contributed by atoms with Crippen molar-refractivity contribution in [3.63, 3.8) is 0 Å². The van der Waals surface area contributed by atoms with E-state index in [2.05, 4.69) is 20.6 Å². The Balaban J connectivity index is 1.66. The van der Waals surface area contributed by atoms with Crippen molar-refractivity contribution >= 4 is 17.5 Å². The lowest BCUT2D eigenvalue weighted by Gasteiger charge is -2.13. The average molecular weight is 394 g/mol. The topological polar surface area (TPSA) is 77.5 Å². The van der Waals surface area contributed by atoms with E-state index in [1.807, 2.05) is 55.5 Å². The van der Waals surface area contributed by atoms with Gasteiger partial charge in [0.15, 0.2) is 11.5 Å². The molecule has 0 aliphatic heterocycles. The molecule has 0 fully saturated rings. The molecule has 0 unspecified atom stereocenters. The zero-order valence-electron chi connectivity index (χ0n) is 17.2. The van der Waals surface area contributed by atoms with Gasteiger partial charge < -0.3 is 24.8 Å². The summed E-state index contributed by atoms with van der Waals surface area (Å²) in [4.78, 5) is 9.04. The van der Waals surface area contributed by atoms with Crippen LogP contribution < -0.4 is 24.8 Å². The molecule has 0 aliphatic carbocycles. The van der Waals surface area contributed by atoms with E-state index in [1.54, 1.807) is 21.3 Å². The molecule has 7 nitrogen and oxygen atoms in total. The lowest BCUT2D eigenvalue weighted by atomic mass is 10.1. The van der Waals surface area contributed by atoms with Gasteiger partial charge in [-0.15, -0.1) is 0 Å². The summed E-state index contributed by atoms with van der Waals surface area (Å²) in [5, 5.41) is 6.58. The highest BCUT2D eigenvalue weighted by Crippen LogP contribution is 2.28. The molecule has 2 aromatic carbocycles. The number of aromatic nitrogens is 2. The van der Waals surface area contributed by atoms with E-state index in [0.717, 1.165) is 40.6 Å². The molecule has 0 amide bonds. The fraction of sp³-hybridized carbons (Fsp3) is 0.273. The Labute approximate surface area is 171 Å². The fourth-order valence-corrected chi connectivity index (χ4v) is 2.95. The molecular weight excluding hydrogens is 368 g/mol. The second-order valence-electron chi connectivity index (χ2n) is 6.41. The van der Waals surface area contributed by atoms with Gasteiger partial charge in [0.1, 0.15) is 11.6 Å². The summed E-state index contributed by atoms with van der Waals surface area (Å²) in [5.41, 5.74) is 2.85. The van der Waals surface area contributed by atoms with Crippen molar-refractivity contribution in [3.05, 3.63) is 59.8 Å². The maximum absolute atomic E-state index is 5.39. The van der Waals surface area contributed by atoms with Crippen molar-refractivity contribution in [2.75, 3.05) is 38.5 Å². The van der Waals surface area contributed by atoms with Gasteiger partial charge in [-0.2, -0.15) is 4.98 Å². The molecule has 0 aliphatic rings. The Morgan fingerprint density at radius 1 is 0.828 bits per heavy atom. The first-order valence-corrected chi connectivity index (χ1v) is 9.33. The minimum atomic E-state index is 0.572. The second-order valence-corrected chi connectivity index (χ2v) is 6.41. The van der Waals surface area contributed by atoms with Crippen LogP contribution in [0.25, 0.3) is 0 Å². The first-order valence-electron chi connectivity index (χ1n) is 9.33. The third kappa shape index (κ3) is 5.28. The number of ether oxygens (including phenoxy) is 3. The molecule has 1 aromatic heterocycles. The molecule has 2 N–H and O–H groups in total. The summed E-state index contributed by atoms with van der Waals surface area (Å²) in [6.07, 6.45) is 0.799. The van der Waals surface area contributed by atoms with Gasteiger partial charge in [0, 0.05) is 18.3 Å². The third-order valence-electron chi connectivity index (χ3n) is 4.37. The van der Waals surface area contributed by atoms with E-state index in [4.69, 9.17) is 14.2 Å². The Morgan fingerprint density at radius 3 is 2.34 bits per heavy atom. The number of nitrogens with one attached hydrogen (secondary N) is 2. The molecule has 1 heterocycles. The molecule has 29 heavy (non-hydrogen) atoms. The van der Waals surface area contributed by atoms with Crippen LogP contribution in [-0.2, 0) is 6.42 Å². The number of rotatable bonds is 9. The number of para-hydroxylation sites is 2. The fourth-order valence-electron chi connectivity index (χ4n) is 2.95. The molecule has 0 saturated heterocycles. The van der Waals surface area contributed by atoms with Gasteiger partial charge in [-0.25, -0.2) is 4.98 Å². The average Bonchev–Trinajstić information content (AvgIpc) is 2.73. The molecule has 0 saturated carbocycles. The second kappa shape index (κ2) is 9.64. The molecule has 0 atom stereocenters.